The van der Waals surface area contributed by atoms with Gasteiger partial charge in [-0.15, -0.1) is 24.0 Å². The van der Waals surface area contributed by atoms with Gasteiger partial charge in [0.2, 0.25) is 5.91 Å². The first-order valence-corrected chi connectivity index (χ1v) is 9.48. The third-order valence-corrected chi connectivity index (χ3v) is 4.60. The highest BCUT2D eigenvalue weighted by Crippen LogP contribution is 2.23. The molecule has 7 nitrogen and oxygen atoms in total. The molecule has 0 spiro atoms. The lowest BCUT2D eigenvalue weighted by Crippen LogP contribution is -2.48. The van der Waals surface area contributed by atoms with E-state index >= 15 is 0 Å². The fraction of sp³-hybridized carbons (Fsp3) is 0.333. The van der Waals surface area contributed by atoms with Crippen molar-refractivity contribution in [2.24, 2.45) is 10.7 Å². The molecule has 1 amide bonds. The molecule has 156 valence electrons. The largest absolute Gasteiger partial charge is 0.457 e. The first kappa shape index (κ1) is 23.0. The monoisotopic (exact) mass is 509 g/mol. The molecule has 1 aliphatic rings. The number of para-hydroxylation sites is 1. The molecule has 0 atom stereocenters. The van der Waals surface area contributed by atoms with Crippen molar-refractivity contribution in [2.45, 2.75) is 6.92 Å². The Hall–Kier alpha value is -2.33. The predicted octanol–water partition coefficient (Wildman–Crippen LogP) is 2.99. The molecule has 3 N–H and O–H groups in total. The van der Waals surface area contributed by atoms with E-state index in [1.807, 2.05) is 59.5 Å². The number of anilines is 1. The number of carbonyl (C=O) groups is 1. The first-order valence-electron chi connectivity index (χ1n) is 9.48. The Kier molecular flexibility index (Phi) is 9.20. The molecule has 0 unspecified atom stereocenters. The topological polar surface area (TPSA) is 83.2 Å². The van der Waals surface area contributed by atoms with Crippen molar-refractivity contribution in [3.8, 4) is 11.5 Å². The number of rotatable bonds is 6. The van der Waals surface area contributed by atoms with Gasteiger partial charge in [0.05, 0.1) is 6.54 Å². The Bertz CT molecular complexity index is 808. The molecule has 0 aliphatic carbocycles. The van der Waals surface area contributed by atoms with Crippen LogP contribution in [0.15, 0.2) is 59.6 Å². The number of hydrogen-bond acceptors (Lipinski definition) is 4. The Labute approximate surface area is 188 Å². The number of nitrogens with two attached hydrogens (primary N) is 1. The summed E-state index contributed by atoms with van der Waals surface area (Å²) < 4.78 is 5.83. The van der Waals surface area contributed by atoms with Gasteiger partial charge in [-0.2, -0.15) is 0 Å². The molecule has 0 saturated carbocycles. The van der Waals surface area contributed by atoms with Crippen LogP contribution in [0.25, 0.3) is 0 Å². The molecular formula is C21H28IN5O2. The summed E-state index contributed by atoms with van der Waals surface area (Å²) in [6.07, 6.45) is 0. The van der Waals surface area contributed by atoms with Crippen LogP contribution in [0.1, 0.15) is 6.92 Å². The summed E-state index contributed by atoms with van der Waals surface area (Å²) in [7, 11) is 0. The number of ether oxygens (including phenoxy) is 1. The van der Waals surface area contributed by atoms with E-state index in [1.54, 1.807) is 6.92 Å². The van der Waals surface area contributed by atoms with E-state index in [-0.39, 0.29) is 29.9 Å². The summed E-state index contributed by atoms with van der Waals surface area (Å²) in [6, 6.07) is 17.2. The zero-order valence-corrected chi connectivity index (χ0v) is 18.9. The van der Waals surface area contributed by atoms with Crippen molar-refractivity contribution in [1.82, 2.24) is 9.80 Å². The Morgan fingerprint density at radius 3 is 2.45 bits per heavy atom. The van der Waals surface area contributed by atoms with E-state index in [2.05, 4.69) is 15.2 Å². The van der Waals surface area contributed by atoms with Crippen LogP contribution >= 0.6 is 24.0 Å². The van der Waals surface area contributed by atoms with Gasteiger partial charge in [0, 0.05) is 51.4 Å². The van der Waals surface area contributed by atoms with Crippen molar-refractivity contribution in [3.63, 3.8) is 0 Å². The van der Waals surface area contributed by atoms with Gasteiger partial charge in [0.25, 0.3) is 0 Å². The quantitative estimate of drug-likeness (QED) is 0.356. The van der Waals surface area contributed by atoms with Crippen LogP contribution in [-0.4, -0.2) is 60.9 Å². The number of hydrogen-bond donors (Lipinski definition) is 2. The SMILES string of the molecule is CC(=O)N1CCN(CCN=C(N)Nc2cccc(Oc3ccccc3)c2)CC1.I. The van der Waals surface area contributed by atoms with Crippen molar-refractivity contribution in [2.75, 3.05) is 44.6 Å². The number of amides is 1. The average molecular weight is 509 g/mol. The van der Waals surface area contributed by atoms with Gasteiger partial charge in [-0.25, -0.2) is 0 Å². The third kappa shape index (κ3) is 7.54. The maximum Gasteiger partial charge on any atom is 0.219 e. The van der Waals surface area contributed by atoms with Crippen molar-refractivity contribution < 1.29 is 9.53 Å². The molecule has 3 rings (SSSR count). The number of piperazine rings is 1. The zero-order chi connectivity index (χ0) is 19.8. The average Bonchev–Trinajstić information content (AvgIpc) is 2.69. The van der Waals surface area contributed by atoms with Crippen molar-refractivity contribution in [3.05, 3.63) is 54.6 Å². The second kappa shape index (κ2) is 11.6. The second-order valence-corrected chi connectivity index (χ2v) is 6.68. The highest BCUT2D eigenvalue weighted by molar-refractivity contribution is 14.0. The van der Waals surface area contributed by atoms with Crippen molar-refractivity contribution >= 4 is 41.5 Å². The Morgan fingerprint density at radius 1 is 1.07 bits per heavy atom. The van der Waals surface area contributed by atoms with E-state index in [0.29, 0.717) is 12.5 Å². The molecule has 1 aliphatic heterocycles. The number of nitrogens with zero attached hydrogens (tertiary/aromatic N) is 3. The minimum Gasteiger partial charge on any atom is -0.457 e. The van der Waals surface area contributed by atoms with Gasteiger partial charge in [-0.1, -0.05) is 24.3 Å². The van der Waals surface area contributed by atoms with Crippen LogP contribution in [0.2, 0.25) is 0 Å². The van der Waals surface area contributed by atoms with Crippen LogP contribution in [0.5, 0.6) is 11.5 Å². The molecule has 29 heavy (non-hydrogen) atoms. The number of benzene rings is 2. The number of aliphatic imine (C=N–C) groups is 1. The molecule has 0 aromatic heterocycles. The fourth-order valence-corrected chi connectivity index (χ4v) is 3.05. The standard InChI is InChI=1S/C21H27N5O2.HI/c1-17(27)26-14-12-25(13-15-26)11-10-23-21(22)24-18-6-5-9-20(16-18)28-19-7-3-2-4-8-19;/h2-9,16H,10-15H2,1H3,(H3,22,23,24);1H. The minimum absolute atomic E-state index is 0. The highest BCUT2D eigenvalue weighted by Gasteiger charge is 2.17. The van der Waals surface area contributed by atoms with Crippen LogP contribution in [0, 0.1) is 0 Å². The fourth-order valence-electron chi connectivity index (χ4n) is 3.05. The van der Waals surface area contributed by atoms with E-state index in [4.69, 9.17) is 10.5 Å². The van der Waals surface area contributed by atoms with Gasteiger partial charge in [-0.3, -0.25) is 14.7 Å². The van der Waals surface area contributed by atoms with E-state index in [0.717, 1.165) is 49.9 Å². The molecular weight excluding hydrogens is 481 g/mol. The molecule has 1 heterocycles. The smallest absolute Gasteiger partial charge is 0.219 e. The Balaban J connectivity index is 0.00000300. The van der Waals surface area contributed by atoms with Crippen LogP contribution in [0.3, 0.4) is 0 Å². The predicted molar refractivity (Wildman–Crippen MR) is 127 cm³/mol. The van der Waals surface area contributed by atoms with Gasteiger partial charge >= 0.3 is 0 Å². The molecule has 2 aromatic carbocycles. The maximum atomic E-state index is 11.4. The summed E-state index contributed by atoms with van der Waals surface area (Å²) in [6.45, 7) is 6.36. The number of nitrogens with one attached hydrogen (secondary N) is 1. The minimum atomic E-state index is 0. The lowest BCUT2D eigenvalue weighted by molar-refractivity contribution is -0.130. The summed E-state index contributed by atoms with van der Waals surface area (Å²) in [4.78, 5) is 19.9. The van der Waals surface area contributed by atoms with E-state index < -0.39 is 0 Å². The number of halogens is 1. The van der Waals surface area contributed by atoms with Crippen LogP contribution in [0.4, 0.5) is 5.69 Å². The summed E-state index contributed by atoms with van der Waals surface area (Å²) >= 11 is 0. The van der Waals surface area contributed by atoms with Gasteiger partial charge in [-0.05, 0) is 24.3 Å². The zero-order valence-electron chi connectivity index (χ0n) is 16.6. The van der Waals surface area contributed by atoms with Gasteiger partial charge < -0.3 is 20.7 Å². The lowest BCUT2D eigenvalue weighted by Gasteiger charge is -2.33. The normalized spacial score (nSPS) is 14.8. The number of carbonyl (C=O) groups excluding carboxylic acids is 1. The summed E-state index contributed by atoms with van der Waals surface area (Å²) in [5.74, 6) is 2.03. The van der Waals surface area contributed by atoms with E-state index in [9.17, 15) is 4.79 Å². The van der Waals surface area contributed by atoms with Gasteiger partial charge in [0.1, 0.15) is 11.5 Å². The maximum absolute atomic E-state index is 11.4. The van der Waals surface area contributed by atoms with E-state index in [1.165, 1.54) is 0 Å². The molecule has 1 fully saturated rings. The second-order valence-electron chi connectivity index (χ2n) is 6.68. The van der Waals surface area contributed by atoms with Crippen LogP contribution < -0.4 is 15.8 Å². The molecule has 0 bridgehead atoms. The molecule has 1 saturated heterocycles. The van der Waals surface area contributed by atoms with Crippen LogP contribution in [-0.2, 0) is 4.79 Å². The summed E-state index contributed by atoms with van der Waals surface area (Å²) in [5, 5.41) is 3.10. The van der Waals surface area contributed by atoms with Gasteiger partial charge in [0.15, 0.2) is 5.96 Å². The number of guanidine groups is 1. The molecule has 8 heteroatoms. The third-order valence-electron chi connectivity index (χ3n) is 4.60. The molecule has 0 radical (unpaired) electrons. The first-order chi connectivity index (χ1) is 13.6. The molecule has 2 aromatic rings. The Morgan fingerprint density at radius 2 is 1.76 bits per heavy atom. The highest BCUT2D eigenvalue weighted by atomic mass is 127. The summed E-state index contributed by atoms with van der Waals surface area (Å²) in [5.41, 5.74) is 6.84. The van der Waals surface area contributed by atoms with Crippen molar-refractivity contribution in [1.29, 1.82) is 0 Å². The lowest BCUT2D eigenvalue weighted by atomic mass is 10.3.